The number of hydrogen-bond donors (Lipinski definition) is 2. The zero-order valence-corrected chi connectivity index (χ0v) is 16.4. The van der Waals surface area contributed by atoms with Crippen LogP contribution in [0.2, 0.25) is 0 Å². The minimum atomic E-state index is -0.124. The maximum Gasteiger partial charge on any atom is 0.234 e. The van der Waals surface area contributed by atoms with Gasteiger partial charge in [-0.25, -0.2) is 0 Å². The minimum Gasteiger partial charge on any atom is -0.454 e. The van der Waals surface area contributed by atoms with Crippen molar-refractivity contribution in [3.63, 3.8) is 0 Å². The van der Waals surface area contributed by atoms with Crippen LogP contribution in [0.3, 0.4) is 0 Å². The first-order valence-corrected chi connectivity index (χ1v) is 10.1. The van der Waals surface area contributed by atoms with Crippen molar-refractivity contribution in [2.75, 3.05) is 13.3 Å². The van der Waals surface area contributed by atoms with E-state index < -0.39 is 0 Å². The van der Waals surface area contributed by atoms with Gasteiger partial charge in [-0.1, -0.05) is 42.5 Å². The molecule has 4 rings (SSSR count). The van der Waals surface area contributed by atoms with Crippen molar-refractivity contribution in [3.05, 3.63) is 82.0 Å². The fraction of sp³-hybridized carbons (Fsp3) is 0.227. The standard InChI is InChI=1S/C22H22N2O3S/c1-15(17-9-10-18-19(12-17)27-14-26-18)24-21(25)13-23-22(20-8-5-11-28-20)16-6-3-2-4-7-16/h2-12,15,22-23H,13-14H2,1H3,(H,24,25)/t15-,22+/m1/s1. The van der Waals surface area contributed by atoms with E-state index in [1.165, 1.54) is 4.88 Å². The van der Waals surface area contributed by atoms with E-state index in [-0.39, 0.29) is 31.3 Å². The summed E-state index contributed by atoms with van der Waals surface area (Å²) in [6.07, 6.45) is 0. The van der Waals surface area contributed by atoms with Crippen LogP contribution in [-0.2, 0) is 4.79 Å². The predicted molar refractivity (Wildman–Crippen MR) is 110 cm³/mol. The van der Waals surface area contributed by atoms with Crippen molar-refractivity contribution >= 4 is 17.2 Å². The fourth-order valence-electron chi connectivity index (χ4n) is 3.24. The lowest BCUT2D eigenvalue weighted by Gasteiger charge is -2.19. The molecule has 6 heteroatoms. The molecule has 0 saturated heterocycles. The van der Waals surface area contributed by atoms with Gasteiger partial charge in [0.1, 0.15) is 0 Å². The molecule has 0 unspecified atom stereocenters. The van der Waals surface area contributed by atoms with Gasteiger partial charge in [0, 0.05) is 4.88 Å². The molecule has 2 atom stereocenters. The molecule has 2 N–H and O–H groups in total. The van der Waals surface area contributed by atoms with E-state index in [0.29, 0.717) is 0 Å². The fourth-order valence-corrected chi connectivity index (χ4v) is 4.06. The number of fused-ring (bicyclic) bond motifs is 1. The van der Waals surface area contributed by atoms with Crippen molar-refractivity contribution in [1.29, 1.82) is 0 Å². The first-order chi connectivity index (χ1) is 13.7. The summed E-state index contributed by atoms with van der Waals surface area (Å²) >= 11 is 1.68. The number of carbonyl (C=O) groups is 1. The third kappa shape index (κ3) is 4.18. The second-order valence-corrected chi connectivity index (χ2v) is 7.62. The van der Waals surface area contributed by atoms with Gasteiger partial charge in [-0.15, -0.1) is 11.3 Å². The van der Waals surface area contributed by atoms with Gasteiger partial charge in [-0.3, -0.25) is 10.1 Å². The minimum absolute atomic E-state index is 0.00667. The van der Waals surface area contributed by atoms with Crippen molar-refractivity contribution < 1.29 is 14.3 Å². The Morgan fingerprint density at radius 2 is 1.86 bits per heavy atom. The second kappa shape index (κ2) is 8.46. The molecule has 144 valence electrons. The van der Waals surface area contributed by atoms with Crippen molar-refractivity contribution in [2.45, 2.75) is 19.0 Å². The summed E-state index contributed by atoms with van der Waals surface area (Å²) in [5.74, 6) is 1.41. The number of ether oxygens (including phenoxy) is 2. The first-order valence-electron chi connectivity index (χ1n) is 9.21. The van der Waals surface area contributed by atoms with Gasteiger partial charge in [0.2, 0.25) is 12.7 Å². The van der Waals surface area contributed by atoms with Crippen LogP contribution in [0.15, 0.2) is 66.0 Å². The van der Waals surface area contributed by atoms with E-state index in [2.05, 4.69) is 34.2 Å². The Balaban J connectivity index is 1.38. The summed E-state index contributed by atoms with van der Waals surface area (Å²) in [6, 6.07) is 19.9. The van der Waals surface area contributed by atoms with Gasteiger partial charge >= 0.3 is 0 Å². The summed E-state index contributed by atoms with van der Waals surface area (Å²) in [7, 11) is 0. The van der Waals surface area contributed by atoms with Crippen LogP contribution in [0.1, 0.15) is 35.0 Å². The van der Waals surface area contributed by atoms with Crippen LogP contribution >= 0.6 is 11.3 Å². The molecule has 1 aliphatic heterocycles. The highest BCUT2D eigenvalue weighted by Crippen LogP contribution is 2.34. The molecule has 0 spiro atoms. The van der Waals surface area contributed by atoms with E-state index in [9.17, 15) is 4.79 Å². The average molecular weight is 394 g/mol. The van der Waals surface area contributed by atoms with Gasteiger partial charge in [0.15, 0.2) is 11.5 Å². The molecule has 0 aliphatic carbocycles. The van der Waals surface area contributed by atoms with Crippen LogP contribution in [-0.4, -0.2) is 19.2 Å². The van der Waals surface area contributed by atoms with Gasteiger partial charge < -0.3 is 14.8 Å². The Hall–Kier alpha value is -2.83. The molecular formula is C22H22N2O3S. The molecule has 3 aromatic rings. The zero-order chi connectivity index (χ0) is 19.3. The second-order valence-electron chi connectivity index (χ2n) is 6.64. The Morgan fingerprint density at radius 1 is 1.04 bits per heavy atom. The van der Waals surface area contributed by atoms with Gasteiger partial charge in [-0.2, -0.15) is 0 Å². The number of amides is 1. The molecule has 0 saturated carbocycles. The molecule has 0 fully saturated rings. The summed E-state index contributed by atoms with van der Waals surface area (Å²) in [4.78, 5) is 13.7. The molecule has 1 amide bonds. The SMILES string of the molecule is C[C@@H](NC(=O)CN[C@@H](c1ccccc1)c1cccs1)c1ccc2c(c1)OCO2. The maximum absolute atomic E-state index is 12.5. The Kier molecular flexibility index (Phi) is 5.60. The number of rotatable bonds is 7. The summed E-state index contributed by atoms with van der Waals surface area (Å²) in [5.41, 5.74) is 2.12. The number of hydrogen-bond acceptors (Lipinski definition) is 5. The van der Waals surface area contributed by atoms with Crippen LogP contribution in [0, 0.1) is 0 Å². The van der Waals surface area contributed by atoms with Crippen LogP contribution in [0.5, 0.6) is 11.5 Å². The molecule has 5 nitrogen and oxygen atoms in total. The monoisotopic (exact) mass is 394 g/mol. The normalized spacial score (nSPS) is 14.5. The number of nitrogens with one attached hydrogen (secondary N) is 2. The Morgan fingerprint density at radius 3 is 2.64 bits per heavy atom. The Labute approximate surface area is 168 Å². The number of thiophene rings is 1. The smallest absolute Gasteiger partial charge is 0.234 e. The third-order valence-electron chi connectivity index (χ3n) is 4.70. The van der Waals surface area contributed by atoms with Crippen LogP contribution in [0.4, 0.5) is 0 Å². The lowest BCUT2D eigenvalue weighted by molar-refractivity contribution is -0.121. The lowest BCUT2D eigenvalue weighted by atomic mass is 10.1. The number of benzene rings is 2. The number of carbonyl (C=O) groups excluding carboxylic acids is 1. The molecule has 1 aliphatic rings. The van der Waals surface area contributed by atoms with E-state index in [1.54, 1.807) is 11.3 Å². The zero-order valence-electron chi connectivity index (χ0n) is 15.6. The highest BCUT2D eigenvalue weighted by molar-refractivity contribution is 7.10. The summed E-state index contributed by atoms with van der Waals surface area (Å²) in [6.45, 7) is 2.43. The third-order valence-corrected chi connectivity index (χ3v) is 5.64. The largest absolute Gasteiger partial charge is 0.454 e. The maximum atomic E-state index is 12.5. The molecule has 2 heterocycles. The van der Waals surface area contributed by atoms with Crippen molar-refractivity contribution in [1.82, 2.24) is 10.6 Å². The average Bonchev–Trinajstić information content (AvgIpc) is 3.40. The highest BCUT2D eigenvalue weighted by Gasteiger charge is 2.19. The molecule has 0 bridgehead atoms. The van der Waals surface area contributed by atoms with Crippen molar-refractivity contribution in [3.8, 4) is 11.5 Å². The lowest BCUT2D eigenvalue weighted by Crippen LogP contribution is -2.37. The molecular weight excluding hydrogens is 372 g/mol. The molecule has 1 aromatic heterocycles. The predicted octanol–water partition coefficient (Wildman–Crippen LogP) is 4.03. The first kappa shape index (κ1) is 18.5. The van der Waals surface area contributed by atoms with E-state index in [1.807, 2.05) is 49.4 Å². The molecule has 0 radical (unpaired) electrons. The quantitative estimate of drug-likeness (QED) is 0.635. The topological polar surface area (TPSA) is 59.6 Å². The van der Waals surface area contributed by atoms with E-state index >= 15 is 0 Å². The summed E-state index contributed by atoms with van der Waals surface area (Å²) < 4.78 is 10.8. The summed E-state index contributed by atoms with van der Waals surface area (Å²) in [5, 5.41) is 8.49. The van der Waals surface area contributed by atoms with Gasteiger partial charge in [0.25, 0.3) is 0 Å². The molecule has 28 heavy (non-hydrogen) atoms. The Bertz CT molecular complexity index is 928. The van der Waals surface area contributed by atoms with Crippen molar-refractivity contribution in [2.24, 2.45) is 0 Å². The van der Waals surface area contributed by atoms with Gasteiger partial charge in [-0.05, 0) is 41.6 Å². The van der Waals surface area contributed by atoms with E-state index in [0.717, 1.165) is 22.6 Å². The highest BCUT2D eigenvalue weighted by atomic mass is 32.1. The van der Waals surface area contributed by atoms with Gasteiger partial charge in [0.05, 0.1) is 18.6 Å². The molecule has 2 aromatic carbocycles. The van der Waals surface area contributed by atoms with E-state index in [4.69, 9.17) is 9.47 Å². The van der Waals surface area contributed by atoms with Crippen LogP contribution < -0.4 is 20.1 Å². The van der Waals surface area contributed by atoms with Crippen LogP contribution in [0.25, 0.3) is 0 Å².